The molecular formula is C17H10N2O2. The highest BCUT2D eigenvalue weighted by Crippen LogP contribution is 2.37. The van der Waals surface area contributed by atoms with Crippen molar-refractivity contribution in [3.05, 3.63) is 71.7 Å². The van der Waals surface area contributed by atoms with Crippen molar-refractivity contribution in [3.8, 4) is 0 Å². The van der Waals surface area contributed by atoms with Gasteiger partial charge in [-0.05, 0) is 24.3 Å². The van der Waals surface area contributed by atoms with Gasteiger partial charge in [-0.25, -0.2) is 0 Å². The van der Waals surface area contributed by atoms with E-state index in [1.807, 2.05) is 24.3 Å². The van der Waals surface area contributed by atoms with Crippen molar-refractivity contribution in [1.82, 2.24) is 9.97 Å². The smallest absolute Gasteiger partial charge is 0.216 e. The average molecular weight is 274 g/mol. The van der Waals surface area contributed by atoms with Gasteiger partial charge in [0, 0.05) is 28.9 Å². The number of hydrogen-bond donors (Lipinski definition) is 1. The van der Waals surface area contributed by atoms with Gasteiger partial charge in [0.2, 0.25) is 5.78 Å². The van der Waals surface area contributed by atoms with Gasteiger partial charge in [-0.3, -0.25) is 14.8 Å². The van der Waals surface area contributed by atoms with E-state index in [1.165, 1.54) is 0 Å². The molecule has 1 aliphatic rings. The first kappa shape index (κ1) is 11.8. The molecule has 0 unspecified atom stereocenters. The van der Waals surface area contributed by atoms with E-state index in [0.29, 0.717) is 22.4 Å². The molecule has 0 amide bonds. The minimum Gasteiger partial charge on any atom is -0.506 e. The van der Waals surface area contributed by atoms with Gasteiger partial charge < -0.3 is 5.11 Å². The zero-order valence-electron chi connectivity index (χ0n) is 10.9. The summed E-state index contributed by atoms with van der Waals surface area (Å²) >= 11 is 0. The van der Waals surface area contributed by atoms with E-state index in [0.717, 1.165) is 10.9 Å². The van der Waals surface area contributed by atoms with Gasteiger partial charge in [-0.1, -0.05) is 18.2 Å². The molecule has 0 spiro atoms. The molecule has 2 heterocycles. The lowest BCUT2D eigenvalue weighted by atomic mass is 9.99. The van der Waals surface area contributed by atoms with Crippen molar-refractivity contribution < 1.29 is 9.90 Å². The molecule has 1 aliphatic carbocycles. The van der Waals surface area contributed by atoms with Crippen LogP contribution in [0.5, 0.6) is 0 Å². The Balaban J connectivity index is 2.03. The largest absolute Gasteiger partial charge is 0.506 e. The number of para-hydroxylation sites is 1. The molecule has 0 bridgehead atoms. The van der Waals surface area contributed by atoms with Crippen LogP contribution in [-0.2, 0) is 0 Å². The fourth-order valence-electron chi connectivity index (χ4n) is 2.70. The number of Topliss-reactive ketones (excluding diaryl/α,β-unsaturated/α-hetero) is 1. The Morgan fingerprint density at radius 1 is 0.857 bits per heavy atom. The van der Waals surface area contributed by atoms with Crippen LogP contribution in [0.15, 0.2) is 54.9 Å². The number of fused-ring (bicyclic) bond motifs is 2. The first-order valence-electron chi connectivity index (χ1n) is 6.55. The molecular weight excluding hydrogens is 264 g/mol. The molecule has 0 atom stereocenters. The Hall–Kier alpha value is -3.01. The number of ketones is 1. The van der Waals surface area contributed by atoms with Crippen LogP contribution in [0.1, 0.15) is 21.6 Å². The third-order valence-electron chi connectivity index (χ3n) is 3.66. The van der Waals surface area contributed by atoms with Crippen LogP contribution in [0.2, 0.25) is 0 Å². The molecule has 2 aromatic heterocycles. The minimum atomic E-state index is -0.251. The molecule has 3 aromatic rings. The monoisotopic (exact) mass is 274 g/mol. The zero-order valence-corrected chi connectivity index (χ0v) is 10.9. The second kappa shape index (κ2) is 4.24. The number of aromatic nitrogens is 2. The molecule has 0 fully saturated rings. The first-order valence-corrected chi connectivity index (χ1v) is 6.55. The van der Waals surface area contributed by atoms with Crippen molar-refractivity contribution >= 4 is 28.0 Å². The molecule has 0 saturated heterocycles. The number of nitrogens with zero attached hydrogens (tertiary/aromatic N) is 2. The van der Waals surface area contributed by atoms with E-state index < -0.39 is 0 Å². The predicted molar refractivity (Wildman–Crippen MR) is 79.8 cm³/mol. The summed E-state index contributed by atoms with van der Waals surface area (Å²) < 4.78 is 0. The summed E-state index contributed by atoms with van der Waals surface area (Å²) in [5, 5.41) is 11.3. The van der Waals surface area contributed by atoms with E-state index in [9.17, 15) is 9.90 Å². The summed E-state index contributed by atoms with van der Waals surface area (Å²) in [5.74, 6) is -0.265. The second-order valence-electron chi connectivity index (χ2n) is 4.83. The number of hydrogen-bond acceptors (Lipinski definition) is 4. The van der Waals surface area contributed by atoms with Gasteiger partial charge in [-0.15, -0.1) is 0 Å². The molecule has 0 saturated carbocycles. The standard InChI is InChI=1S/C17H10N2O2/c20-16-12-5-3-8-19-15(12)17(21)14(16)11-7-9-18-13-6-2-1-4-10(11)13/h1-9,20H. The van der Waals surface area contributed by atoms with Gasteiger partial charge >= 0.3 is 0 Å². The van der Waals surface area contributed by atoms with E-state index in [2.05, 4.69) is 9.97 Å². The fraction of sp³-hybridized carbons (Fsp3) is 0. The van der Waals surface area contributed by atoms with Gasteiger partial charge in [-0.2, -0.15) is 0 Å². The maximum Gasteiger partial charge on any atom is 0.216 e. The number of pyridine rings is 2. The van der Waals surface area contributed by atoms with Crippen molar-refractivity contribution in [3.63, 3.8) is 0 Å². The average Bonchev–Trinajstić information content (AvgIpc) is 2.79. The van der Waals surface area contributed by atoms with Crippen LogP contribution >= 0.6 is 0 Å². The highest BCUT2D eigenvalue weighted by atomic mass is 16.3. The summed E-state index contributed by atoms with van der Waals surface area (Å²) in [4.78, 5) is 20.9. The van der Waals surface area contributed by atoms with Crippen molar-refractivity contribution in [1.29, 1.82) is 0 Å². The Morgan fingerprint density at radius 2 is 1.71 bits per heavy atom. The molecule has 4 heteroatoms. The molecule has 0 radical (unpaired) electrons. The highest BCUT2D eigenvalue weighted by Gasteiger charge is 2.32. The van der Waals surface area contributed by atoms with Crippen LogP contribution in [0, 0.1) is 0 Å². The van der Waals surface area contributed by atoms with Crippen LogP contribution < -0.4 is 0 Å². The van der Waals surface area contributed by atoms with Crippen LogP contribution in [0.3, 0.4) is 0 Å². The summed E-state index contributed by atoms with van der Waals surface area (Å²) in [6, 6.07) is 12.7. The lowest BCUT2D eigenvalue weighted by molar-refractivity contribution is 0.105. The number of allylic oxidation sites excluding steroid dienone is 1. The molecule has 21 heavy (non-hydrogen) atoms. The Bertz CT molecular complexity index is 923. The van der Waals surface area contributed by atoms with E-state index in [1.54, 1.807) is 30.6 Å². The molecule has 0 aliphatic heterocycles. The summed E-state index contributed by atoms with van der Waals surface area (Å²) in [7, 11) is 0. The van der Waals surface area contributed by atoms with Crippen LogP contribution in [0.4, 0.5) is 0 Å². The molecule has 1 N–H and O–H groups in total. The zero-order chi connectivity index (χ0) is 14.4. The summed E-state index contributed by atoms with van der Waals surface area (Å²) in [6.07, 6.45) is 3.19. The quantitative estimate of drug-likeness (QED) is 0.739. The maximum absolute atomic E-state index is 12.6. The van der Waals surface area contributed by atoms with E-state index >= 15 is 0 Å². The lowest BCUT2D eigenvalue weighted by Gasteiger charge is -2.06. The lowest BCUT2D eigenvalue weighted by Crippen LogP contribution is -2.01. The molecule has 1 aromatic carbocycles. The number of carbonyl (C=O) groups excluding carboxylic acids is 1. The number of carbonyl (C=O) groups is 1. The van der Waals surface area contributed by atoms with E-state index in [4.69, 9.17) is 0 Å². The third-order valence-corrected chi connectivity index (χ3v) is 3.66. The predicted octanol–water partition coefficient (Wildman–Crippen LogP) is 3.25. The SMILES string of the molecule is O=C1C(c2ccnc3ccccc23)=C(O)c2cccnc21. The first-order chi connectivity index (χ1) is 10.3. The van der Waals surface area contributed by atoms with Gasteiger partial charge in [0.05, 0.1) is 11.1 Å². The van der Waals surface area contributed by atoms with Crippen molar-refractivity contribution in [2.45, 2.75) is 0 Å². The normalized spacial score (nSPS) is 13.8. The van der Waals surface area contributed by atoms with Crippen LogP contribution in [0.25, 0.3) is 22.2 Å². The van der Waals surface area contributed by atoms with E-state index in [-0.39, 0.29) is 11.5 Å². The number of aliphatic hydroxyl groups excluding tert-OH is 1. The molecule has 4 rings (SSSR count). The number of benzene rings is 1. The Morgan fingerprint density at radius 3 is 2.57 bits per heavy atom. The van der Waals surface area contributed by atoms with Gasteiger partial charge in [0.1, 0.15) is 11.5 Å². The number of rotatable bonds is 1. The van der Waals surface area contributed by atoms with Crippen molar-refractivity contribution in [2.24, 2.45) is 0 Å². The Labute approximate surface area is 120 Å². The topological polar surface area (TPSA) is 63.1 Å². The summed E-state index contributed by atoms with van der Waals surface area (Å²) in [5.41, 5.74) is 2.54. The van der Waals surface area contributed by atoms with Gasteiger partial charge in [0.25, 0.3) is 0 Å². The number of aliphatic hydroxyl groups is 1. The van der Waals surface area contributed by atoms with Gasteiger partial charge in [0.15, 0.2) is 0 Å². The minimum absolute atomic E-state index is 0.0144. The maximum atomic E-state index is 12.6. The molecule has 100 valence electrons. The van der Waals surface area contributed by atoms with Crippen LogP contribution in [-0.4, -0.2) is 20.9 Å². The second-order valence-corrected chi connectivity index (χ2v) is 4.83. The highest BCUT2D eigenvalue weighted by molar-refractivity contribution is 6.39. The Kier molecular flexibility index (Phi) is 2.38. The fourth-order valence-corrected chi connectivity index (χ4v) is 2.70. The third kappa shape index (κ3) is 1.59. The molecule has 4 nitrogen and oxygen atoms in total. The summed E-state index contributed by atoms with van der Waals surface area (Å²) in [6.45, 7) is 0. The van der Waals surface area contributed by atoms with Crippen molar-refractivity contribution in [2.75, 3.05) is 0 Å².